The maximum Gasteiger partial charge on any atom is 0.367 e. The highest BCUT2D eigenvalue weighted by Crippen LogP contribution is 2.18. The summed E-state index contributed by atoms with van der Waals surface area (Å²) < 4.78 is 0. The number of benzene rings is 1. The summed E-state index contributed by atoms with van der Waals surface area (Å²) in [5.74, 6) is -0.304. The van der Waals surface area contributed by atoms with Gasteiger partial charge in [-0.15, -0.1) is 0 Å². The van der Waals surface area contributed by atoms with Gasteiger partial charge >= 0.3 is 5.97 Å². The fourth-order valence-electron chi connectivity index (χ4n) is 1.30. The Balaban J connectivity index is 2.38. The van der Waals surface area contributed by atoms with Crippen LogP contribution in [0.5, 0.6) is 5.75 Å². The van der Waals surface area contributed by atoms with Crippen LogP contribution in [0.1, 0.15) is 12.5 Å². The second-order valence-corrected chi connectivity index (χ2v) is 3.21. The zero-order valence-corrected chi connectivity index (χ0v) is 8.10. The van der Waals surface area contributed by atoms with E-state index in [1.54, 1.807) is 37.3 Å². The van der Waals surface area contributed by atoms with Crippen LogP contribution in [0.25, 0.3) is 6.08 Å². The molecule has 1 aromatic rings. The monoisotopic (exact) mass is 203 g/mol. The molecular weight excluding hydrogens is 194 g/mol. The highest BCUT2D eigenvalue weighted by molar-refractivity contribution is 6.24. The van der Waals surface area contributed by atoms with Gasteiger partial charge in [-0.3, -0.25) is 0 Å². The van der Waals surface area contributed by atoms with E-state index in [-0.39, 0.29) is 5.75 Å². The van der Waals surface area contributed by atoms with E-state index in [1.165, 1.54) is 0 Å². The molecule has 1 aliphatic rings. The van der Waals surface area contributed by atoms with Crippen LogP contribution in [0.15, 0.2) is 35.0 Å². The zero-order chi connectivity index (χ0) is 10.8. The van der Waals surface area contributed by atoms with Crippen molar-refractivity contribution in [2.75, 3.05) is 0 Å². The number of carbonyl (C=O) groups is 1. The van der Waals surface area contributed by atoms with E-state index in [1.807, 2.05) is 0 Å². The fourth-order valence-corrected chi connectivity index (χ4v) is 1.30. The number of nitrogens with zero attached hydrogens (tertiary/aromatic N) is 1. The minimum absolute atomic E-state index is 0.158. The molecule has 76 valence electrons. The SMILES string of the molecule is CC1=NOC(=O)/C1=C\c1cccc(O)c1. The lowest BCUT2D eigenvalue weighted by atomic mass is 10.1. The molecule has 0 radical (unpaired) electrons. The van der Waals surface area contributed by atoms with Crippen LogP contribution in [-0.2, 0) is 9.63 Å². The lowest BCUT2D eigenvalue weighted by Gasteiger charge is -1.96. The molecule has 0 atom stereocenters. The highest BCUT2D eigenvalue weighted by atomic mass is 16.7. The minimum Gasteiger partial charge on any atom is -0.508 e. The van der Waals surface area contributed by atoms with Gasteiger partial charge in [0.15, 0.2) is 0 Å². The van der Waals surface area contributed by atoms with Crippen LogP contribution in [0.4, 0.5) is 0 Å². The molecule has 4 heteroatoms. The van der Waals surface area contributed by atoms with Crippen LogP contribution < -0.4 is 0 Å². The molecule has 0 amide bonds. The van der Waals surface area contributed by atoms with Gasteiger partial charge in [-0.1, -0.05) is 17.3 Å². The van der Waals surface area contributed by atoms with Crippen molar-refractivity contribution in [2.24, 2.45) is 5.16 Å². The third-order valence-electron chi connectivity index (χ3n) is 2.06. The van der Waals surface area contributed by atoms with Gasteiger partial charge in [-0.25, -0.2) is 4.79 Å². The Morgan fingerprint density at radius 1 is 1.47 bits per heavy atom. The molecule has 0 fully saturated rings. The zero-order valence-electron chi connectivity index (χ0n) is 8.10. The minimum atomic E-state index is -0.462. The molecule has 0 spiro atoms. The van der Waals surface area contributed by atoms with Gasteiger partial charge in [-0.2, -0.15) is 0 Å². The van der Waals surface area contributed by atoms with Crippen molar-refractivity contribution in [3.8, 4) is 5.75 Å². The molecular formula is C11H9NO3. The number of oxime groups is 1. The Labute approximate surface area is 86.5 Å². The standard InChI is InChI=1S/C11H9NO3/c1-7-10(11(14)15-12-7)6-8-3-2-4-9(13)5-8/h2-6,13H,1H3/b10-6-. The first kappa shape index (κ1) is 9.45. The summed E-state index contributed by atoms with van der Waals surface area (Å²) in [6.07, 6.45) is 1.63. The molecule has 0 unspecified atom stereocenters. The van der Waals surface area contributed by atoms with E-state index in [9.17, 15) is 9.90 Å². The van der Waals surface area contributed by atoms with Gasteiger partial charge < -0.3 is 9.94 Å². The van der Waals surface area contributed by atoms with Crippen LogP contribution in [0.3, 0.4) is 0 Å². The quantitative estimate of drug-likeness (QED) is 0.558. The molecule has 15 heavy (non-hydrogen) atoms. The van der Waals surface area contributed by atoms with Crippen LogP contribution in [0.2, 0.25) is 0 Å². The molecule has 1 aliphatic heterocycles. The van der Waals surface area contributed by atoms with Crippen molar-refractivity contribution in [1.82, 2.24) is 0 Å². The largest absolute Gasteiger partial charge is 0.508 e. The molecule has 0 saturated heterocycles. The van der Waals surface area contributed by atoms with Gasteiger partial charge in [0, 0.05) is 0 Å². The third kappa shape index (κ3) is 1.88. The Bertz CT molecular complexity index is 474. The normalized spacial score (nSPS) is 17.8. The summed E-state index contributed by atoms with van der Waals surface area (Å²) in [7, 11) is 0. The molecule has 1 aromatic carbocycles. The second kappa shape index (κ2) is 3.57. The number of phenolic OH excluding ortho intramolecular Hbond substituents is 1. The number of hydrogen-bond acceptors (Lipinski definition) is 4. The van der Waals surface area contributed by atoms with Crippen molar-refractivity contribution in [3.63, 3.8) is 0 Å². The second-order valence-electron chi connectivity index (χ2n) is 3.21. The van der Waals surface area contributed by atoms with Crippen molar-refractivity contribution in [3.05, 3.63) is 35.4 Å². The molecule has 0 aliphatic carbocycles. The van der Waals surface area contributed by atoms with E-state index in [4.69, 9.17) is 0 Å². The van der Waals surface area contributed by atoms with Gasteiger partial charge in [0.2, 0.25) is 0 Å². The highest BCUT2D eigenvalue weighted by Gasteiger charge is 2.21. The van der Waals surface area contributed by atoms with Gasteiger partial charge in [0.25, 0.3) is 0 Å². The summed E-state index contributed by atoms with van der Waals surface area (Å²) in [4.78, 5) is 15.7. The number of hydrogen-bond donors (Lipinski definition) is 1. The summed E-state index contributed by atoms with van der Waals surface area (Å²) in [6.45, 7) is 1.69. The van der Waals surface area contributed by atoms with Gasteiger partial charge in [-0.05, 0) is 30.7 Å². The maximum absolute atomic E-state index is 11.2. The Morgan fingerprint density at radius 3 is 2.87 bits per heavy atom. The summed E-state index contributed by atoms with van der Waals surface area (Å²) >= 11 is 0. The molecule has 1 N–H and O–H groups in total. The third-order valence-corrected chi connectivity index (χ3v) is 2.06. The van der Waals surface area contributed by atoms with E-state index in [0.717, 1.165) is 5.56 Å². The molecule has 0 saturated carbocycles. The lowest BCUT2D eigenvalue weighted by Crippen LogP contribution is -2.01. The van der Waals surface area contributed by atoms with Gasteiger partial charge in [0.1, 0.15) is 5.75 Å². The Kier molecular flexibility index (Phi) is 2.25. The fraction of sp³-hybridized carbons (Fsp3) is 0.0909. The first-order chi connectivity index (χ1) is 7.16. The molecule has 4 nitrogen and oxygen atoms in total. The average molecular weight is 203 g/mol. The molecule has 0 aromatic heterocycles. The number of aromatic hydroxyl groups is 1. The predicted octanol–water partition coefficient (Wildman–Crippen LogP) is 1.71. The van der Waals surface area contributed by atoms with Crippen LogP contribution in [-0.4, -0.2) is 16.8 Å². The summed E-state index contributed by atoms with van der Waals surface area (Å²) in [5, 5.41) is 12.8. The number of carbonyl (C=O) groups excluding carboxylic acids is 1. The van der Waals surface area contributed by atoms with E-state index < -0.39 is 5.97 Å². The molecule has 1 heterocycles. The smallest absolute Gasteiger partial charge is 0.367 e. The molecule has 2 rings (SSSR count). The lowest BCUT2D eigenvalue weighted by molar-refractivity contribution is -0.136. The maximum atomic E-state index is 11.2. The summed E-state index contributed by atoms with van der Waals surface area (Å²) in [6, 6.07) is 6.61. The first-order valence-electron chi connectivity index (χ1n) is 4.44. The number of rotatable bonds is 1. The van der Waals surface area contributed by atoms with Crippen molar-refractivity contribution >= 4 is 17.8 Å². The topological polar surface area (TPSA) is 58.9 Å². The van der Waals surface area contributed by atoms with E-state index >= 15 is 0 Å². The average Bonchev–Trinajstić information content (AvgIpc) is 2.50. The number of phenols is 1. The van der Waals surface area contributed by atoms with Crippen LogP contribution >= 0.6 is 0 Å². The van der Waals surface area contributed by atoms with Crippen molar-refractivity contribution in [2.45, 2.75) is 6.92 Å². The molecule has 0 bridgehead atoms. The first-order valence-corrected chi connectivity index (χ1v) is 4.44. The predicted molar refractivity (Wildman–Crippen MR) is 55.3 cm³/mol. The van der Waals surface area contributed by atoms with Crippen molar-refractivity contribution in [1.29, 1.82) is 0 Å². The van der Waals surface area contributed by atoms with Crippen LogP contribution in [0, 0.1) is 0 Å². The Morgan fingerprint density at radius 2 is 2.27 bits per heavy atom. The van der Waals surface area contributed by atoms with Crippen molar-refractivity contribution < 1.29 is 14.7 Å². The summed E-state index contributed by atoms with van der Waals surface area (Å²) in [5.41, 5.74) is 1.70. The Hall–Kier alpha value is -2.10. The van der Waals surface area contributed by atoms with Gasteiger partial charge in [0.05, 0.1) is 11.3 Å². The van der Waals surface area contributed by atoms with E-state index in [0.29, 0.717) is 11.3 Å². The van der Waals surface area contributed by atoms with E-state index in [2.05, 4.69) is 9.99 Å².